The quantitative estimate of drug-likeness (QED) is 0.461. The predicted octanol–water partition coefficient (Wildman–Crippen LogP) is 3.36. The first-order chi connectivity index (χ1) is 12.4. The average Bonchev–Trinajstić information content (AvgIpc) is 2.81. The zero-order valence-corrected chi connectivity index (χ0v) is 19.8. The third-order valence-corrected chi connectivity index (χ3v) is 7.11. The van der Waals surface area contributed by atoms with E-state index in [0.29, 0.717) is 19.2 Å². The number of carbonyl (C=O) groups is 1. The van der Waals surface area contributed by atoms with Crippen molar-refractivity contribution in [2.24, 2.45) is 0 Å². The topological polar surface area (TPSA) is 104 Å². The van der Waals surface area contributed by atoms with Crippen molar-refractivity contribution in [3.63, 3.8) is 0 Å². The van der Waals surface area contributed by atoms with Gasteiger partial charge in [0.05, 0.1) is 20.1 Å². The number of halogens is 1. The van der Waals surface area contributed by atoms with Crippen molar-refractivity contribution in [2.45, 2.75) is 58.4 Å². The fourth-order valence-electron chi connectivity index (χ4n) is 2.42. The van der Waals surface area contributed by atoms with Gasteiger partial charge in [0.1, 0.15) is 30.1 Å². The number of carbonyl (C=O) groups excluding carboxylic acids is 1. The van der Waals surface area contributed by atoms with Gasteiger partial charge in [-0.2, -0.15) is 0 Å². The number of rotatable bonds is 6. The molecule has 2 heterocycles. The summed E-state index contributed by atoms with van der Waals surface area (Å²) >= 11 is 2.21. The third kappa shape index (κ3) is 6.04. The van der Waals surface area contributed by atoms with E-state index < -0.39 is 19.8 Å². The monoisotopic (exact) mass is 505 g/mol. The fraction of sp³-hybridized carbons (Fsp3) is 0.588. The highest BCUT2D eigenvalue weighted by Gasteiger charge is 2.30. The highest BCUT2D eigenvalue weighted by atomic mass is 127. The first-order valence-corrected chi connectivity index (χ1v) is 13.4. The summed E-state index contributed by atoms with van der Waals surface area (Å²) in [5, 5.41) is 3.80. The van der Waals surface area contributed by atoms with Crippen molar-refractivity contribution in [3.8, 4) is 0 Å². The van der Waals surface area contributed by atoms with Gasteiger partial charge in [0.2, 0.25) is 0 Å². The molecule has 0 saturated carbocycles. The van der Waals surface area contributed by atoms with Crippen LogP contribution in [0.15, 0.2) is 12.5 Å². The van der Waals surface area contributed by atoms with E-state index in [1.807, 2.05) is 31.5 Å². The zero-order chi connectivity index (χ0) is 20.4. The van der Waals surface area contributed by atoms with E-state index >= 15 is 0 Å². The Morgan fingerprint density at radius 2 is 2.04 bits per heavy atom. The summed E-state index contributed by atoms with van der Waals surface area (Å²) in [6, 6.07) is 0. The molecule has 8 nitrogen and oxygen atoms in total. The minimum absolute atomic E-state index is 0.0760. The van der Waals surface area contributed by atoms with Gasteiger partial charge in [-0.1, -0.05) is 19.6 Å². The van der Waals surface area contributed by atoms with Gasteiger partial charge in [-0.25, -0.2) is 14.8 Å². The van der Waals surface area contributed by atoms with Gasteiger partial charge in [0, 0.05) is 15.4 Å². The lowest BCUT2D eigenvalue weighted by Gasteiger charge is -2.31. The molecule has 0 saturated heterocycles. The highest BCUT2D eigenvalue weighted by molar-refractivity contribution is 14.1. The Morgan fingerprint density at radius 1 is 1.37 bits per heavy atom. The predicted molar refractivity (Wildman–Crippen MR) is 117 cm³/mol. The first kappa shape index (κ1) is 21.9. The molecule has 10 heteroatoms. The number of nitrogens with two attached hydrogens (primary N) is 1. The van der Waals surface area contributed by atoms with Crippen LogP contribution in [-0.4, -0.2) is 46.6 Å². The number of anilines is 1. The lowest BCUT2D eigenvalue weighted by molar-refractivity contribution is 0.0422. The minimum atomic E-state index is -1.71. The van der Waals surface area contributed by atoms with Crippen LogP contribution in [0.25, 0.3) is 11.0 Å². The van der Waals surface area contributed by atoms with E-state index in [4.69, 9.17) is 15.2 Å². The number of hydrogen-bond acceptors (Lipinski definition) is 6. The molecule has 2 aromatic rings. The molecule has 2 aromatic heterocycles. The molecule has 0 fully saturated rings. The van der Waals surface area contributed by atoms with Gasteiger partial charge < -0.3 is 25.1 Å². The largest absolute Gasteiger partial charge is 0.444 e. The second-order valence-corrected chi connectivity index (χ2v) is 15.1. The van der Waals surface area contributed by atoms with E-state index in [1.165, 1.54) is 6.33 Å². The normalized spacial score (nSPS) is 13.6. The number of nitrogens with zero attached hydrogens (tertiary/aromatic N) is 3. The van der Waals surface area contributed by atoms with Crippen LogP contribution in [-0.2, 0) is 16.2 Å². The molecule has 1 unspecified atom stereocenters. The lowest BCUT2D eigenvalue weighted by Crippen LogP contribution is -2.54. The molecule has 0 aromatic carbocycles. The molecule has 2 rings (SSSR count). The standard InChI is InChI=1S/C17H28IN5O3Si/c1-17(2,3)26-16(24)22-12(27(4,5)6)8-25-10-23-7-11(18)13-14(19)20-9-21-15(13)23/h7,9,12H,8,10H2,1-6H3,(H,22,24)(H2,19,20,21). The molecule has 150 valence electrons. The van der Waals surface area contributed by atoms with Crippen LogP contribution in [0, 0.1) is 3.57 Å². The number of aromatic nitrogens is 3. The van der Waals surface area contributed by atoms with E-state index in [2.05, 4.69) is 57.5 Å². The Balaban J connectivity index is 2.04. The summed E-state index contributed by atoms with van der Waals surface area (Å²) in [6.07, 6.45) is 2.96. The van der Waals surface area contributed by atoms with Crippen molar-refractivity contribution in [1.29, 1.82) is 0 Å². The van der Waals surface area contributed by atoms with Crippen LogP contribution >= 0.6 is 22.6 Å². The molecule has 27 heavy (non-hydrogen) atoms. The molecule has 0 spiro atoms. The molecular formula is C17H28IN5O3Si. The maximum absolute atomic E-state index is 12.2. The van der Waals surface area contributed by atoms with Crippen molar-refractivity contribution in [1.82, 2.24) is 19.9 Å². The Kier molecular flexibility index (Phi) is 6.74. The molecule has 1 amide bonds. The molecule has 0 aliphatic carbocycles. The number of hydrogen-bond donors (Lipinski definition) is 2. The van der Waals surface area contributed by atoms with Crippen molar-refractivity contribution < 1.29 is 14.3 Å². The number of nitrogen functional groups attached to an aromatic ring is 1. The summed E-state index contributed by atoms with van der Waals surface area (Å²) in [5.74, 6) is 0.453. The van der Waals surface area contributed by atoms with Crippen LogP contribution in [0.5, 0.6) is 0 Å². The van der Waals surface area contributed by atoms with Crippen LogP contribution in [0.4, 0.5) is 10.6 Å². The number of alkyl carbamates (subject to hydrolysis) is 1. The third-order valence-electron chi connectivity index (χ3n) is 3.89. The zero-order valence-electron chi connectivity index (χ0n) is 16.7. The van der Waals surface area contributed by atoms with Gasteiger partial charge in [0.25, 0.3) is 0 Å². The Labute approximate surface area is 174 Å². The van der Waals surface area contributed by atoms with Crippen LogP contribution in [0.1, 0.15) is 20.8 Å². The molecule has 0 aliphatic rings. The van der Waals surface area contributed by atoms with E-state index in [-0.39, 0.29) is 5.67 Å². The lowest BCUT2D eigenvalue weighted by atomic mass is 10.2. The van der Waals surface area contributed by atoms with Crippen LogP contribution in [0.3, 0.4) is 0 Å². The smallest absolute Gasteiger partial charge is 0.407 e. The van der Waals surface area contributed by atoms with Crippen molar-refractivity contribution >= 4 is 53.6 Å². The molecule has 1 atom stereocenters. The Morgan fingerprint density at radius 3 is 2.63 bits per heavy atom. The summed E-state index contributed by atoms with van der Waals surface area (Å²) in [6.45, 7) is 12.8. The van der Waals surface area contributed by atoms with E-state index in [9.17, 15) is 4.79 Å². The summed E-state index contributed by atoms with van der Waals surface area (Å²) in [4.78, 5) is 20.5. The maximum atomic E-state index is 12.2. The van der Waals surface area contributed by atoms with Gasteiger partial charge in [-0.05, 0) is 43.4 Å². The second-order valence-electron chi connectivity index (χ2n) is 8.47. The van der Waals surface area contributed by atoms with Crippen molar-refractivity contribution in [2.75, 3.05) is 12.3 Å². The minimum Gasteiger partial charge on any atom is -0.444 e. The van der Waals surface area contributed by atoms with Gasteiger partial charge >= 0.3 is 6.09 Å². The van der Waals surface area contributed by atoms with Gasteiger partial charge in [0.15, 0.2) is 0 Å². The second kappa shape index (κ2) is 8.31. The summed E-state index contributed by atoms with van der Waals surface area (Å²) < 4.78 is 14.2. The summed E-state index contributed by atoms with van der Waals surface area (Å²) in [7, 11) is -1.71. The van der Waals surface area contributed by atoms with E-state index in [1.54, 1.807) is 0 Å². The Hall–Kier alpha value is -1.40. The van der Waals surface area contributed by atoms with Crippen LogP contribution in [0.2, 0.25) is 19.6 Å². The SMILES string of the molecule is CC(C)(C)OC(=O)NC(COCn1cc(I)c2c(N)ncnc21)[Si](C)(C)C. The maximum Gasteiger partial charge on any atom is 0.407 e. The Bertz CT molecular complexity index is 813. The first-order valence-electron chi connectivity index (χ1n) is 8.70. The number of fused-ring (bicyclic) bond motifs is 1. The van der Waals surface area contributed by atoms with E-state index in [0.717, 1.165) is 14.6 Å². The molecule has 0 bridgehead atoms. The highest BCUT2D eigenvalue weighted by Crippen LogP contribution is 2.25. The summed E-state index contributed by atoms with van der Waals surface area (Å²) in [5.41, 5.74) is 6.07. The number of nitrogens with one attached hydrogen (secondary N) is 1. The van der Waals surface area contributed by atoms with Crippen molar-refractivity contribution in [3.05, 3.63) is 16.1 Å². The number of amides is 1. The fourth-order valence-corrected chi connectivity index (χ4v) is 4.45. The average molecular weight is 505 g/mol. The molecule has 0 radical (unpaired) electrons. The molecule has 0 aliphatic heterocycles. The molecular weight excluding hydrogens is 477 g/mol. The molecule has 3 N–H and O–H groups in total. The number of ether oxygens (including phenoxy) is 2. The van der Waals surface area contributed by atoms with Crippen LogP contribution < -0.4 is 11.1 Å². The van der Waals surface area contributed by atoms with Gasteiger partial charge in [-0.15, -0.1) is 0 Å². The van der Waals surface area contributed by atoms with Gasteiger partial charge in [-0.3, -0.25) is 0 Å².